The van der Waals surface area contributed by atoms with Crippen molar-refractivity contribution in [2.24, 2.45) is 5.92 Å². The van der Waals surface area contributed by atoms with Crippen molar-refractivity contribution in [3.05, 3.63) is 13.2 Å². The maximum atomic E-state index is 6.61. The van der Waals surface area contributed by atoms with Gasteiger partial charge < -0.3 is 22.6 Å². The molecule has 0 bridgehead atoms. The lowest BCUT2D eigenvalue weighted by molar-refractivity contribution is 0.116. The average Bonchev–Trinajstić information content (AvgIpc) is 2.30. The Balaban J connectivity index is -0.000000637. The van der Waals surface area contributed by atoms with Crippen molar-refractivity contribution in [2.45, 2.75) is 86.2 Å². The summed E-state index contributed by atoms with van der Waals surface area (Å²) < 4.78 is 25.3. The van der Waals surface area contributed by atoms with Crippen LogP contribution in [0.25, 0.3) is 0 Å². The van der Waals surface area contributed by atoms with Gasteiger partial charge in [0.15, 0.2) is 16.6 Å². The van der Waals surface area contributed by atoms with E-state index in [4.69, 9.17) is 17.1 Å². The molecule has 0 spiro atoms. The fraction of sp³-hybridized carbons (Fsp3) is 0.889. The van der Waals surface area contributed by atoms with E-state index in [1.165, 1.54) is 0 Å². The van der Waals surface area contributed by atoms with E-state index in [9.17, 15) is 0 Å². The summed E-state index contributed by atoms with van der Waals surface area (Å²) in [7, 11) is -7.78. The van der Waals surface area contributed by atoms with Crippen molar-refractivity contribution in [3.8, 4) is 0 Å². The van der Waals surface area contributed by atoms with Gasteiger partial charge in [-0.2, -0.15) is 0 Å². The number of rotatable bonds is 11. The van der Waals surface area contributed by atoms with E-state index in [2.05, 4.69) is 85.9 Å². The van der Waals surface area contributed by atoms with E-state index >= 15 is 0 Å². The highest BCUT2D eigenvalue weighted by atomic mass is 28.5. The molecule has 0 aliphatic rings. The highest BCUT2D eigenvalue weighted by Crippen LogP contribution is 2.26. The van der Waals surface area contributed by atoms with E-state index in [0.29, 0.717) is 12.5 Å². The van der Waals surface area contributed by atoms with Crippen LogP contribution in [0.2, 0.25) is 65.0 Å². The maximum absolute atomic E-state index is 6.61. The van der Waals surface area contributed by atoms with E-state index in [0.717, 1.165) is 12.7 Å². The molecular weight excluding hydrogens is 409 g/mol. The fourth-order valence-electron chi connectivity index (χ4n) is 2.63. The lowest BCUT2D eigenvalue weighted by atomic mass is 10.2. The van der Waals surface area contributed by atoms with Gasteiger partial charge in [0, 0.05) is 19.3 Å². The molecule has 0 aromatic carbocycles. The quantitative estimate of drug-likeness (QED) is 0.224. The van der Waals surface area contributed by atoms with Crippen LogP contribution in [-0.2, 0) is 17.1 Å². The third-order valence-electron chi connectivity index (χ3n) is 2.69. The summed E-state index contributed by atoms with van der Waals surface area (Å²) in [4.78, 5) is 0. The molecule has 0 aliphatic carbocycles. The summed E-state index contributed by atoms with van der Waals surface area (Å²) >= 11 is 0. The molecular formula is C18H50O5Si4. The van der Waals surface area contributed by atoms with E-state index in [1.54, 1.807) is 0 Å². The molecule has 0 rings (SSSR count). The van der Waals surface area contributed by atoms with Gasteiger partial charge in [0.1, 0.15) is 0 Å². The molecule has 9 heteroatoms. The van der Waals surface area contributed by atoms with Crippen LogP contribution in [0, 0.1) is 5.92 Å². The Morgan fingerprint density at radius 1 is 0.741 bits per heavy atom. The van der Waals surface area contributed by atoms with Gasteiger partial charge in [-0.15, -0.1) is 13.2 Å². The highest BCUT2D eigenvalue weighted by molar-refractivity contribution is 6.89. The van der Waals surface area contributed by atoms with Crippen molar-refractivity contribution in [3.63, 3.8) is 0 Å². The van der Waals surface area contributed by atoms with Crippen LogP contribution in [-0.4, -0.2) is 52.4 Å². The molecule has 0 amide bonds. The van der Waals surface area contributed by atoms with Crippen LogP contribution >= 0.6 is 0 Å². The summed E-state index contributed by atoms with van der Waals surface area (Å²) in [5, 5.41) is 0. The average molecular weight is 459 g/mol. The molecule has 0 aromatic heterocycles. The van der Waals surface area contributed by atoms with E-state index in [-0.39, 0.29) is 12.9 Å². The van der Waals surface area contributed by atoms with Gasteiger partial charge in [0.2, 0.25) is 0 Å². The maximum Gasteiger partial charge on any atom is 0.318 e. The standard InChI is InChI=1S/C15H40O4Si4.C2H4.CH4.H2O/c1-15(2)14-16-12-13-23(11,18-21(6,7)8)19-22(9,10)17-20(3,4)5;1-2;;/h15H,12-14H2,1-11H3;1-2H2;1H4;1H2. The fourth-order valence-corrected chi connectivity index (χ4v) is 20.3. The van der Waals surface area contributed by atoms with Crippen molar-refractivity contribution in [2.75, 3.05) is 13.2 Å². The molecule has 0 saturated carbocycles. The molecule has 168 valence electrons. The minimum Gasteiger partial charge on any atom is -0.437 e. The SMILES string of the molecule is C.C=C.CC(C)COCC[Si](C)(O[Si](C)(C)C)O[Si](C)(C)O[Si](C)(C)C.O. The lowest BCUT2D eigenvalue weighted by Gasteiger charge is -2.41. The van der Waals surface area contributed by atoms with Crippen molar-refractivity contribution in [1.29, 1.82) is 0 Å². The second-order valence-electron chi connectivity index (χ2n) is 9.28. The topological polar surface area (TPSA) is 68.4 Å². The van der Waals surface area contributed by atoms with E-state index in [1.807, 2.05) is 0 Å². The smallest absolute Gasteiger partial charge is 0.318 e. The zero-order chi connectivity index (χ0) is 20.5. The molecule has 0 radical (unpaired) electrons. The summed E-state index contributed by atoms with van der Waals surface area (Å²) in [6.45, 7) is 31.7. The second kappa shape index (κ2) is 14.4. The van der Waals surface area contributed by atoms with Gasteiger partial charge in [0.05, 0.1) is 0 Å². The molecule has 1 atom stereocenters. The van der Waals surface area contributed by atoms with Crippen LogP contribution in [0.15, 0.2) is 13.2 Å². The Labute approximate surface area is 174 Å². The Hall–Kier alpha value is 0.408. The van der Waals surface area contributed by atoms with Gasteiger partial charge >= 0.3 is 17.1 Å². The zero-order valence-electron chi connectivity index (χ0n) is 19.2. The number of ether oxygens (including phenoxy) is 1. The zero-order valence-corrected chi connectivity index (χ0v) is 23.2. The third-order valence-corrected chi connectivity index (χ3v) is 16.1. The molecule has 5 nitrogen and oxygen atoms in total. The molecule has 0 aliphatic heterocycles. The first-order valence-electron chi connectivity index (χ1n) is 9.22. The largest absolute Gasteiger partial charge is 0.437 e. The molecule has 0 saturated heterocycles. The molecule has 27 heavy (non-hydrogen) atoms. The number of hydrogen-bond acceptors (Lipinski definition) is 4. The number of hydrogen-bond donors (Lipinski definition) is 0. The molecule has 2 N–H and O–H groups in total. The minimum absolute atomic E-state index is 0. The first-order chi connectivity index (χ1) is 11.0. The first kappa shape index (κ1) is 34.9. The van der Waals surface area contributed by atoms with Crippen molar-refractivity contribution >= 4 is 33.8 Å². The van der Waals surface area contributed by atoms with Gasteiger partial charge in [-0.3, -0.25) is 0 Å². The summed E-state index contributed by atoms with van der Waals surface area (Å²) in [6.07, 6.45) is 0. The molecule has 0 fully saturated rings. The normalized spacial score (nSPS) is 14.4. The van der Waals surface area contributed by atoms with E-state index < -0.39 is 33.8 Å². The van der Waals surface area contributed by atoms with Crippen LogP contribution in [0.5, 0.6) is 0 Å². The predicted octanol–water partition coefficient (Wildman–Crippen LogP) is 5.77. The van der Waals surface area contributed by atoms with Gasteiger partial charge in [-0.05, 0) is 64.8 Å². The van der Waals surface area contributed by atoms with Crippen LogP contribution in [0.4, 0.5) is 0 Å². The Kier molecular flexibility index (Phi) is 18.6. The van der Waals surface area contributed by atoms with Gasteiger partial charge in [-0.25, -0.2) is 0 Å². The highest BCUT2D eigenvalue weighted by Gasteiger charge is 2.44. The van der Waals surface area contributed by atoms with Gasteiger partial charge in [0.25, 0.3) is 0 Å². The summed E-state index contributed by atoms with van der Waals surface area (Å²) in [6, 6.07) is 0.871. The molecule has 0 aromatic rings. The van der Waals surface area contributed by atoms with Crippen molar-refractivity contribution in [1.82, 2.24) is 0 Å². The third kappa shape index (κ3) is 22.6. The van der Waals surface area contributed by atoms with Crippen molar-refractivity contribution < 1.29 is 22.6 Å². The predicted molar refractivity (Wildman–Crippen MR) is 131 cm³/mol. The van der Waals surface area contributed by atoms with Crippen LogP contribution in [0.3, 0.4) is 0 Å². The monoisotopic (exact) mass is 458 g/mol. The Bertz CT molecular complexity index is 368. The van der Waals surface area contributed by atoms with Crippen LogP contribution in [0.1, 0.15) is 21.3 Å². The van der Waals surface area contributed by atoms with Gasteiger partial charge in [-0.1, -0.05) is 21.3 Å². The Morgan fingerprint density at radius 2 is 1.15 bits per heavy atom. The molecule has 0 heterocycles. The summed E-state index contributed by atoms with van der Waals surface area (Å²) in [5.41, 5.74) is 0. The Morgan fingerprint density at radius 3 is 1.48 bits per heavy atom. The molecule has 1 unspecified atom stereocenters. The lowest BCUT2D eigenvalue weighted by Crippen LogP contribution is -2.57. The summed E-state index contributed by atoms with van der Waals surface area (Å²) in [5.74, 6) is 0.558. The van der Waals surface area contributed by atoms with Crippen LogP contribution < -0.4 is 0 Å². The first-order valence-corrected chi connectivity index (χ1v) is 21.4. The minimum atomic E-state index is -2.30. The second-order valence-corrected chi connectivity index (χ2v) is 25.7.